The summed E-state index contributed by atoms with van der Waals surface area (Å²) in [5.41, 5.74) is 2.96. The zero-order valence-corrected chi connectivity index (χ0v) is 8.31. The van der Waals surface area contributed by atoms with Gasteiger partial charge in [-0.2, -0.15) is 26.3 Å². The van der Waals surface area contributed by atoms with Gasteiger partial charge in [0.25, 0.3) is 0 Å². The first-order chi connectivity index (χ1) is 7.65. The van der Waals surface area contributed by atoms with Gasteiger partial charge in [-0.1, -0.05) is 5.21 Å². The molecule has 1 aromatic rings. The lowest BCUT2D eigenvalue weighted by molar-refractivity contribution is -0.161. The van der Waals surface area contributed by atoms with Crippen molar-refractivity contribution in [2.75, 3.05) is 6.54 Å². The molecule has 1 rings (SSSR count). The normalized spacial score (nSPS) is 13.1. The van der Waals surface area contributed by atoms with Crippen LogP contribution in [-0.4, -0.2) is 27.7 Å². The van der Waals surface area contributed by atoms with Gasteiger partial charge in [-0.3, -0.25) is 0 Å². The molecule has 0 aliphatic rings. The van der Waals surface area contributed by atoms with Crippen LogP contribution in [0.1, 0.15) is 11.4 Å². The van der Waals surface area contributed by atoms with Crippen molar-refractivity contribution in [3.63, 3.8) is 0 Å². The number of nitrogens with zero attached hydrogens (tertiary/aromatic N) is 3. The minimum Gasteiger partial charge on any atom is -0.330 e. The molecule has 1 heterocycles. The molecule has 0 spiro atoms. The van der Waals surface area contributed by atoms with Gasteiger partial charge in [0.15, 0.2) is 5.69 Å². The molecule has 17 heavy (non-hydrogen) atoms. The molecule has 2 N–H and O–H groups in total. The average Bonchev–Trinajstić information content (AvgIpc) is 2.44. The monoisotopic (exact) mass is 262 g/mol. The molecule has 0 atom stereocenters. The molecule has 4 nitrogen and oxygen atoms in total. The van der Waals surface area contributed by atoms with Crippen LogP contribution in [0.4, 0.5) is 26.3 Å². The molecule has 0 aliphatic heterocycles. The number of hydrogen-bond donors (Lipinski definition) is 1. The molecule has 0 saturated heterocycles. The van der Waals surface area contributed by atoms with Gasteiger partial charge in [0.2, 0.25) is 0 Å². The maximum atomic E-state index is 12.5. The Labute approximate surface area is 91.4 Å². The summed E-state index contributed by atoms with van der Waals surface area (Å²) in [6.07, 6.45) is -10.0. The van der Waals surface area contributed by atoms with Crippen LogP contribution in [0.5, 0.6) is 0 Å². The van der Waals surface area contributed by atoms with Gasteiger partial charge >= 0.3 is 12.4 Å². The number of hydrogen-bond acceptors (Lipinski definition) is 3. The Hall–Kier alpha value is -1.32. The quantitative estimate of drug-likeness (QED) is 0.837. The first kappa shape index (κ1) is 13.7. The SMILES string of the molecule is NCCc1nnn(CC(F)(F)F)c1C(F)(F)F. The van der Waals surface area contributed by atoms with Crippen molar-refractivity contribution < 1.29 is 26.3 Å². The highest BCUT2D eigenvalue weighted by molar-refractivity contribution is 5.14. The zero-order valence-electron chi connectivity index (χ0n) is 8.31. The highest BCUT2D eigenvalue weighted by atomic mass is 19.4. The summed E-state index contributed by atoms with van der Waals surface area (Å²) in [6.45, 7) is -1.99. The van der Waals surface area contributed by atoms with E-state index in [0.29, 0.717) is 0 Å². The fourth-order valence-corrected chi connectivity index (χ4v) is 1.24. The number of aromatic nitrogens is 3. The highest BCUT2D eigenvalue weighted by Crippen LogP contribution is 2.32. The molecule has 0 saturated carbocycles. The Morgan fingerprint density at radius 3 is 2.12 bits per heavy atom. The van der Waals surface area contributed by atoms with E-state index in [4.69, 9.17) is 5.73 Å². The van der Waals surface area contributed by atoms with Gasteiger partial charge in [-0.25, -0.2) is 4.68 Å². The molecule has 0 bridgehead atoms. The minimum atomic E-state index is -4.95. The van der Waals surface area contributed by atoms with E-state index >= 15 is 0 Å². The van der Waals surface area contributed by atoms with Crippen LogP contribution in [0.15, 0.2) is 0 Å². The first-order valence-electron chi connectivity index (χ1n) is 4.41. The van der Waals surface area contributed by atoms with Gasteiger partial charge < -0.3 is 5.73 Å². The van der Waals surface area contributed by atoms with Gasteiger partial charge in [-0.15, -0.1) is 5.10 Å². The molecule has 0 aliphatic carbocycles. The largest absolute Gasteiger partial charge is 0.434 e. The Morgan fingerprint density at radius 2 is 1.71 bits per heavy atom. The second-order valence-electron chi connectivity index (χ2n) is 3.19. The van der Waals surface area contributed by atoms with Gasteiger partial charge in [0.05, 0.1) is 5.69 Å². The maximum absolute atomic E-state index is 12.5. The van der Waals surface area contributed by atoms with Crippen molar-refractivity contribution in [1.82, 2.24) is 15.0 Å². The van der Waals surface area contributed by atoms with Crippen LogP contribution in [-0.2, 0) is 19.1 Å². The highest BCUT2D eigenvalue weighted by Gasteiger charge is 2.41. The third-order valence-electron chi connectivity index (χ3n) is 1.78. The summed E-state index contributed by atoms with van der Waals surface area (Å²) < 4.78 is 73.5. The van der Waals surface area contributed by atoms with E-state index in [0.717, 1.165) is 0 Å². The minimum absolute atomic E-state index is 0.159. The second-order valence-corrected chi connectivity index (χ2v) is 3.19. The maximum Gasteiger partial charge on any atom is 0.434 e. The lowest BCUT2D eigenvalue weighted by Crippen LogP contribution is -2.24. The lowest BCUT2D eigenvalue weighted by Gasteiger charge is -2.12. The third kappa shape index (κ3) is 3.58. The molecule has 0 aromatic carbocycles. The summed E-state index contributed by atoms with van der Waals surface area (Å²) in [5.74, 6) is 0. The van der Waals surface area contributed by atoms with Crippen molar-refractivity contribution in [3.05, 3.63) is 11.4 Å². The molecule has 0 fully saturated rings. The Kier molecular flexibility index (Phi) is 3.65. The van der Waals surface area contributed by atoms with E-state index in [2.05, 4.69) is 10.3 Å². The van der Waals surface area contributed by atoms with Crippen molar-refractivity contribution in [1.29, 1.82) is 0 Å². The molecule has 0 radical (unpaired) electrons. The van der Waals surface area contributed by atoms with Crippen LogP contribution in [0.3, 0.4) is 0 Å². The summed E-state index contributed by atoms with van der Waals surface area (Å²) in [6, 6.07) is 0. The van der Waals surface area contributed by atoms with Crippen LogP contribution < -0.4 is 5.73 Å². The van der Waals surface area contributed by atoms with Crippen LogP contribution in [0, 0.1) is 0 Å². The zero-order chi connectivity index (χ0) is 13.3. The van der Waals surface area contributed by atoms with Crippen molar-refractivity contribution in [3.8, 4) is 0 Å². The van der Waals surface area contributed by atoms with Crippen LogP contribution in [0.25, 0.3) is 0 Å². The van der Waals surface area contributed by atoms with Crippen LogP contribution >= 0.6 is 0 Å². The second kappa shape index (κ2) is 4.51. The molecule has 10 heteroatoms. The van der Waals surface area contributed by atoms with Crippen molar-refractivity contribution >= 4 is 0 Å². The van der Waals surface area contributed by atoms with E-state index in [1.54, 1.807) is 0 Å². The smallest absolute Gasteiger partial charge is 0.330 e. The fourth-order valence-electron chi connectivity index (χ4n) is 1.24. The van der Waals surface area contributed by atoms with Crippen LogP contribution in [0.2, 0.25) is 0 Å². The number of nitrogens with two attached hydrogens (primary N) is 1. The molecule has 0 unspecified atom stereocenters. The number of rotatable bonds is 3. The molecule has 0 amide bonds. The Morgan fingerprint density at radius 1 is 1.12 bits per heavy atom. The third-order valence-corrected chi connectivity index (χ3v) is 1.78. The van der Waals surface area contributed by atoms with E-state index < -0.39 is 30.3 Å². The first-order valence-corrected chi connectivity index (χ1v) is 4.41. The molecule has 1 aromatic heterocycles. The number of alkyl halides is 6. The summed E-state index contributed by atoms with van der Waals surface area (Å²) >= 11 is 0. The average molecular weight is 262 g/mol. The molecule has 98 valence electrons. The standard InChI is InChI=1S/C7H8F6N4/c8-6(9,10)3-17-5(7(11,12)13)4(1-2-14)15-16-17/h1-3,14H2. The summed E-state index contributed by atoms with van der Waals surface area (Å²) in [7, 11) is 0. The number of halogens is 6. The molecular weight excluding hydrogens is 254 g/mol. The predicted molar refractivity (Wildman–Crippen MR) is 43.8 cm³/mol. The summed E-state index contributed by atoms with van der Waals surface area (Å²) in [5, 5.41) is 5.93. The van der Waals surface area contributed by atoms with Gasteiger partial charge in [-0.05, 0) is 6.54 Å². The summed E-state index contributed by atoms with van der Waals surface area (Å²) in [4.78, 5) is 0. The van der Waals surface area contributed by atoms with E-state index in [9.17, 15) is 26.3 Å². The van der Waals surface area contributed by atoms with E-state index in [-0.39, 0.29) is 17.6 Å². The Bertz CT molecular complexity index is 379. The lowest BCUT2D eigenvalue weighted by atomic mass is 10.2. The van der Waals surface area contributed by atoms with E-state index in [1.165, 1.54) is 0 Å². The Balaban J connectivity index is 3.14. The topological polar surface area (TPSA) is 56.7 Å². The molecular formula is C7H8F6N4. The van der Waals surface area contributed by atoms with Gasteiger partial charge in [0.1, 0.15) is 6.54 Å². The van der Waals surface area contributed by atoms with Crippen molar-refractivity contribution in [2.45, 2.75) is 25.3 Å². The van der Waals surface area contributed by atoms with E-state index in [1.807, 2.05) is 0 Å². The van der Waals surface area contributed by atoms with Gasteiger partial charge in [0, 0.05) is 6.42 Å². The van der Waals surface area contributed by atoms with Crippen molar-refractivity contribution in [2.24, 2.45) is 5.73 Å². The fraction of sp³-hybridized carbons (Fsp3) is 0.714. The predicted octanol–water partition coefficient (Wildman–Crippen LogP) is 1.36.